The highest BCUT2D eigenvalue weighted by atomic mass is 35.5. The zero-order valence-electron chi connectivity index (χ0n) is 17.9. The Kier molecular flexibility index (Phi) is 7.72. The molecule has 1 amide bonds. The van der Waals surface area contributed by atoms with Crippen molar-refractivity contribution < 1.29 is 19.4 Å². The predicted octanol–water partition coefficient (Wildman–Crippen LogP) is 5.03. The normalized spacial score (nSPS) is 18.0. The minimum absolute atomic E-state index is 0.0348. The van der Waals surface area contributed by atoms with Crippen molar-refractivity contribution in [3.63, 3.8) is 0 Å². The summed E-state index contributed by atoms with van der Waals surface area (Å²) in [6.45, 7) is 3.07. The number of hydrogen-bond acceptors (Lipinski definition) is 5. The van der Waals surface area contributed by atoms with E-state index in [1.165, 1.54) is 11.0 Å². The smallest absolute Gasteiger partial charge is 0.295 e. The quantitative estimate of drug-likeness (QED) is 0.330. The number of amides is 1. The number of ether oxygens (including phenoxy) is 1. The van der Waals surface area contributed by atoms with Crippen LogP contribution in [0.2, 0.25) is 15.1 Å². The summed E-state index contributed by atoms with van der Waals surface area (Å²) in [6.07, 6.45) is 0. The molecule has 32 heavy (non-hydrogen) atoms. The van der Waals surface area contributed by atoms with Gasteiger partial charge >= 0.3 is 0 Å². The van der Waals surface area contributed by atoms with E-state index in [0.717, 1.165) is 0 Å². The molecule has 2 aromatic carbocycles. The Balaban J connectivity index is 2.15. The number of Topliss-reactive ketones (excluding diaryl/α,β-unsaturated/α-hetero) is 1. The second-order valence-electron chi connectivity index (χ2n) is 7.55. The van der Waals surface area contributed by atoms with Gasteiger partial charge in [0, 0.05) is 18.7 Å². The maximum atomic E-state index is 13.0. The second-order valence-corrected chi connectivity index (χ2v) is 8.77. The van der Waals surface area contributed by atoms with Gasteiger partial charge in [0.2, 0.25) is 0 Å². The van der Waals surface area contributed by atoms with Crippen LogP contribution < -0.4 is 4.74 Å². The lowest BCUT2D eigenvalue weighted by Gasteiger charge is -2.26. The van der Waals surface area contributed by atoms with E-state index in [4.69, 9.17) is 39.5 Å². The molecule has 1 heterocycles. The fourth-order valence-electron chi connectivity index (χ4n) is 3.52. The fraction of sp³-hybridized carbons (Fsp3) is 0.304. The van der Waals surface area contributed by atoms with E-state index >= 15 is 0 Å². The van der Waals surface area contributed by atoms with Gasteiger partial charge in [0.05, 0.1) is 33.3 Å². The molecule has 1 unspecified atom stereocenters. The van der Waals surface area contributed by atoms with Crippen molar-refractivity contribution in [2.45, 2.75) is 13.0 Å². The first kappa shape index (κ1) is 24.4. The maximum absolute atomic E-state index is 13.0. The number of carbonyl (C=O) groups excluding carboxylic acids is 2. The van der Waals surface area contributed by atoms with Crippen molar-refractivity contribution in [3.8, 4) is 5.75 Å². The van der Waals surface area contributed by atoms with E-state index in [0.29, 0.717) is 35.1 Å². The maximum Gasteiger partial charge on any atom is 0.295 e. The van der Waals surface area contributed by atoms with Crippen LogP contribution in [0.4, 0.5) is 0 Å². The van der Waals surface area contributed by atoms with Gasteiger partial charge in [-0.05, 0) is 56.9 Å². The van der Waals surface area contributed by atoms with Crippen LogP contribution in [-0.2, 0) is 9.59 Å². The van der Waals surface area contributed by atoms with Gasteiger partial charge in [0.25, 0.3) is 11.7 Å². The van der Waals surface area contributed by atoms with Crippen molar-refractivity contribution in [1.82, 2.24) is 9.80 Å². The Morgan fingerprint density at radius 3 is 2.38 bits per heavy atom. The van der Waals surface area contributed by atoms with Crippen molar-refractivity contribution in [3.05, 3.63) is 68.2 Å². The van der Waals surface area contributed by atoms with Gasteiger partial charge in [0.15, 0.2) is 0 Å². The van der Waals surface area contributed by atoms with Crippen molar-refractivity contribution in [2.24, 2.45) is 0 Å². The second kappa shape index (κ2) is 10.1. The minimum Gasteiger partial charge on any atom is -0.507 e. The number of carbonyl (C=O) groups is 2. The van der Waals surface area contributed by atoms with Crippen molar-refractivity contribution >= 4 is 52.3 Å². The molecule has 3 rings (SSSR count). The molecule has 1 atom stereocenters. The summed E-state index contributed by atoms with van der Waals surface area (Å²) >= 11 is 18.5. The summed E-state index contributed by atoms with van der Waals surface area (Å²) in [5, 5.41) is 12.0. The molecule has 9 heteroatoms. The first-order valence-corrected chi connectivity index (χ1v) is 11.1. The van der Waals surface area contributed by atoms with E-state index < -0.39 is 17.7 Å². The number of rotatable bonds is 7. The number of ketones is 1. The first-order chi connectivity index (χ1) is 15.1. The highest BCUT2D eigenvalue weighted by Gasteiger charge is 2.46. The Hall–Kier alpha value is -2.25. The number of likely N-dealkylation sites (N-methyl/N-ethyl adjacent to an activating group) is 1. The monoisotopic (exact) mass is 496 g/mol. The standard InChI is InChI=1S/C23H23Cl3N2O4/c1-4-32-18-8-6-14(12-17(18)26)21(29)19-20(13-5-7-15(24)16(25)11-13)28(10-9-27(2)3)23(31)22(19)30/h5-8,11-12,20,29H,4,9-10H2,1-3H3. The van der Waals surface area contributed by atoms with E-state index in [1.54, 1.807) is 30.3 Å². The molecule has 0 radical (unpaired) electrons. The lowest BCUT2D eigenvalue weighted by molar-refractivity contribution is -0.140. The van der Waals surface area contributed by atoms with E-state index in [-0.39, 0.29) is 27.9 Å². The molecule has 170 valence electrons. The van der Waals surface area contributed by atoms with Crippen LogP contribution >= 0.6 is 34.8 Å². The van der Waals surface area contributed by atoms with Gasteiger partial charge in [-0.1, -0.05) is 40.9 Å². The van der Waals surface area contributed by atoms with Crippen molar-refractivity contribution in [1.29, 1.82) is 0 Å². The Bertz CT molecular complexity index is 1080. The van der Waals surface area contributed by atoms with Crippen LogP contribution in [0.15, 0.2) is 42.0 Å². The third-order valence-corrected chi connectivity index (χ3v) is 6.13. The van der Waals surface area contributed by atoms with Crippen LogP contribution in [0.3, 0.4) is 0 Å². The molecule has 1 N–H and O–H groups in total. The Morgan fingerprint density at radius 2 is 1.78 bits per heavy atom. The number of nitrogens with zero attached hydrogens (tertiary/aromatic N) is 2. The van der Waals surface area contributed by atoms with Gasteiger partial charge in [-0.2, -0.15) is 0 Å². The Morgan fingerprint density at radius 1 is 1.06 bits per heavy atom. The molecule has 1 saturated heterocycles. The van der Waals surface area contributed by atoms with E-state index in [1.807, 2.05) is 25.9 Å². The molecule has 2 aromatic rings. The van der Waals surface area contributed by atoms with Crippen molar-refractivity contribution in [2.75, 3.05) is 33.8 Å². The van der Waals surface area contributed by atoms with Crippen LogP contribution in [0.5, 0.6) is 5.75 Å². The van der Waals surface area contributed by atoms with Crippen LogP contribution in [0.1, 0.15) is 24.1 Å². The van der Waals surface area contributed by atoms with Crippen LogP contribution in [0.25, 0.3) is 5.76 Å². The molecule has 0 bridgehead atoms. The number of aliphatic hydroxyl groups is 1. The molecule has 0 aromatic heterocycles. The molecule has 1 fully saturated rings. The minimum atomic E-state index is -0.824. The molecule has 1 aliphatic heterocycles. The third kappa shape index (κ3) is 4.89. The molecule has 0 aliphatic carbocycles. The summed E-state index contributed by atoms with van der Waals surface area (Å²) in [6, 6.07) is 8.76. The molecule has 1 aliphatic rings. The predicted molar refractivity (Wildman–Crippen MR) is 127 cm³/mol. The number of hydrogen-bond donors (Lipinski definition) is 1. The lowest BCUT2D eigenvalue weighted by atomic mass is 9.95. The van der Waals surface area contributed by atoms with E-state index in [2.05, 4.69) is 0 Å². The first-order valence-electron chi connectivity index (χ1n) is 9.96. The number of benzene rings is 2. The largest absolute Gasteiger partial charge is 0.507 e. The number of aliphatic hydroxyl groups excluding tert-OH is 1. The highest BCUT2D eigenvalue weighted by Crippen LogP contribution is 2.41. The molecular weight excluding hydrogens is 475 g/mol. The van der Waals surface area contributed by atoms with Gasteiger partial charge < -0.3 is 19.6 Å². The van der Waals surface area contributed by atoms with Gasteiger partial charge in [-0.25, -0.2) is 0 Å². The molecule has 0 spiro atoms. The highest BCUT2D eigenvalue weighted by molar-refractivity contribution is 6.47. The number of halogens is 3. The third-order valence-electron chi connectivity index (χ3n) is 5.09. The van der Waals surface area contributed by atoms with Gasteiger partial charge in [0.1, 0.15) is 11.5 Å². The zero-order chi connectivity index (χ0) is 23.6. The van der Waals surface area contributed by atoms with Crippen LogP contribution in [0, 0.1) is 0 Å². The average Bonchev–Trinajstić information content (AvgIpc) is 3.00. The topological polar surface area (TPSA) is 70.1 Å². The summed E-state index contributed by atoms with van der Waals surface area (Å²) in [5.41, 5.74) is 0.831. The summed E-state index contributed by atoms with van der Waals surface area (Å²) in [5.74, 6) is -1.33. The van der Waals surface area contributed by atoms with Gasteiger partial charge in [-0.15, -0.1) is 0 Å². The molecule has 6 nitrogen and oxygen atoms in total. The molecular formula is C23H23Cl3N2O4. The summed E-state index contributed by atoms with van der Waals surface area (Å²) in [4.78, 5) is 29.3. The summed E-state index contributed by atoms with van der Waals surface area (Å²) in [7, 11) is 3.74. The lowest BCUT2D eigenvalue weighted by Crippen LogP contribution is -2.35. The van der Waals surface area contributed by atoms with Gasteiger partial charge in [-0.3, -0.25) is 9.59 Å². The summed E-state index contributed by atoms with van der Waals surface area (Å²) < 4.78 is 5.43. The molecule has 0 saturated carbocycles. The van der Waals surface area contributed by atoms with E-state index in [9.17, 15) is 14.7 Å². The fourth-order valence-corrected chi connectivity index (χ4v) is 4.07. The van der Waals surface area contributed by atoms with Crippen LogP contribution in [-0.4, -0.2) is 60.4 Å². The number of likely N-dealkylation sites (tertiary alicyclic amines) is 1. The Labute approximate surface area is 201 Å². The SMILES string of the molecule is CCOc1ccc(C(O)=C2C(=O)C(=O)N(CCN(C)C)C2c2ccc(Cl)c(Cl)c2)cc1Cl. The zero-order valence-corrected chi connectivity index (χ0v) is 20.1. The average molecular weight is 498 g/mol.